The van der Waals surface area contributed by atoms with E-state index in [4.69, 9.17) is 9.72 Å². The fraction of sp³-hybridized carbons (Fsp3) is 0.167. The number of H-pyrrole nitrogens is 1. The maximum atomic E-state index is 12.7. The predicted octanol–water partition coefficient (Wildman–Crippen LogP) is 6.70. The van der Waals surface area contributed by atoms with Crippen molar-refractivity contribution in [2.75, 3.05) is 12.4 Å². The maximum Gasteiger partial charge on any atom is 0.255 e. The SMILES string of the molecule is COc1c(C(C)(C)C)cc(-c2ccc[nH]c2=O)c2ncc(-c3ccc(Nc4ccccc4)nc3)cc12. The lowest BCUT2D eigenvalue weighted by Gasteiger charge is -2.25. The molecule has 0 aliphatic heterocycles. The van der Waals surface area contributed by atoms with Crippen molar-refractivity contribution in [2.24, 2.45) is 0 Å². The fourth-order valence-corrected chi connectivity index (χ4v) is 4.36. The molecule has 0 atom stereocenters. The third-order valence-electron chi connectivity index (χ3n) is 6.18. The Morgan fingerprint density at radius 2 is 1.64 bits per heavy atom. The van der Waals surface area contributed by atoms with Crippen molar-refractivity contribution in [1.82, 2.24) is 15.0 Å². The number of anilines is 2. The molecule has 0 unspecified atom stereocenters. The number of pyridine rings is 3. The zero-order valence-corrected chi connectivity index (χ0v) is 20.8. The van der Waals surface area contributed by atoms with Crippen LogP contribution < -0.4 is 15.6 Å². The molecule has 5 rings (SSSR count). The molecule has 6 heteroatoms. The summed E-state index contributed by atoms with van der Waals surface area (Å²) in [5.74, 6) is 1.52. The molecule has 0 saturated heterocycles. The lowest BCUT2D eigenvalue weighted by Crippen LogP contribution is -2.15. The smallest absolute Gasteiger partial charge is 0.255 e. The van der Waals surface area contributed by atoms with E-state index in [0.29, 0.717) is 5.56 Å². The van der Waals surface area contributed by atoms with Crippen LogP contribution in [0.25, 0.3) is 33.2 Å². The monoisotopic (exact) mass is 476 g/mol. The molecule has 2 aromatic carbocycles. The van der Waals surface area contributed by atoms with Crippen molar-refractivity contribution < 1.29 is 4.74 Å². The number of nitrogens with zero attached hydrogens (tertiary/aromatic N) is 2. The number of nitrogens with one attached hydrogen (secondary N) is 2. The molecule has 0 saturated carbocycles. The summed E-state index contributed by atoms with van der Waals surface area (Å²) >= 11 is 0. The molecule has 6 nitrogen and oxygen atoms in total. The molecule has 3 aromatic heterocycles. The summed E-state index contributed by atoms with van der Waals surface area (Å²) in [5, 5.41) is 4.16. The zero-order chi connectivity index (χ0) is 25.3. The summed E-state index contributed by atoms with van der Waals surface area (Å²) in [6.07, 6.45) is 5.29. The van der Waals surface area contributed by atoms with Gasteiger partial charge in [0.05, 0.1) is 12.6 Å². The molecule has 5 aromatic rings. The average Bonchev–Trinajstić information content (AvgIpc) is 2.88. The van der Waals surface area contributed by atoms with Crippen molar-refractivity contribution in [3.8, 4) is 28.0 Å². The number of ether oxygens (including phenoxy) is 1. The second-order valence-electron chi connectivity index (χ2n) is 9.71. The van der Waals surface area contributed by atoms with E-state index in [1.807, 2.05) is 73.1 Å². The summed E-state index contributed by atoms with van der Waals surface area (Å²) in [6.45, 7) is 6.40. The van der Waals surface area contributed by atoms with Gasteiger partial charge in [0.15, 0.2) is 0 Å². The van der Waals surface area contributed by atoms with E-state index in [9.17, 15) is 4.79 Å². The number of aromatic amines is 1. The molecule has 0 radical (unpaired) electrons. The number of rotatable bonds is 5. The summed E-state index contributed by atoms with van der Waals surface area (Å²) in [5.41, 5.74) is 5.56. The minimum atomic E-state index is -0.210. The van der Waals surface area contributed by atoms with E-state index in [2.05, 4.69) is 42.1 Å². The van der Waals surface area contributed by atoms with Gasteiger partial charge in [-0.1, -0.05) is 39.0 Å². The Morgan fingerprint density at radius 3 is 2.31 bits per heavy atom. The molecular weight excluding hydrogens is 448 g/mol. The average molecular weight is 477 g/mol. The highest BCUT2D eigenvalue weighted by atomic mass is 16.5. The molecule has 3 heterocycles. The number of aromatic nitrogens is 3. The first-order valence-electron chi connectivity index (χ1n) is 11.8. The third kappa shape index (κ3) is 4.45. The Bertz CT molecular complexity index is 1580. The van der Waals surface area contributed by atoms with Gasteiger partial charge in [0.25, 0.3) is 5.56 Å². The second-order valence-corrected chi connectivity index (χ2v) is 9.71. The molecule has 0 amide bonds. The highest BCUT2D eigenvalue weighted by molar-refractivity contribution is 6.00. The third-order valence-corrected chi connectivity index (χ3v) is 6.18. The zero-order valence-electron chi connectivity index (χ0n) is 20.8. The summed E-state index contributed by atoms with van der Waals surface area (Å²) in [7, 11) is 1.68. The highest BCUT2D eigenvalue weighted by Gasteiger charge is 2.25. The van der Waals surface area contributed by atoms with E-state index < -0.39 is 0 Å². The standard InChI is InChI=1S/C30H28N4O2/c1-30(2,3)25-16-23(22-11-8-14-31-29(22)35)27-24(28(25)36-4)15-20(18-33-27)19-12-13-26(32-17-19)34-21-9-6-5-7-10-21/h5-18H,1-4H3,(H,31,35)(H,32,34). The molecule has 36 heavy (non-hydrogen) atoms. The lowest BCUT2D eigenvalue weighted by molar-refractivity contribution is 0.402. The minimum absolute atomic E-state index is 0.152. The number of methoxy groups -OCH3 is 1. The van der Waals surface area contributed by atoms with Gasteiger partial charge >= 0.3 is 0 Å². The topological polar surface area (TPSA) is 79.9 Å². The Morgan fingerprint density at radius 1 is 0.861 bits per heavy atom. The van der Waals surface area contributed by atoms with Crippen LogP contribution in [0.4, 0.5) is 11.5 Å². The predicted molar refractivity (Wildman–Crippen MR) is 146 cm³/mol. The Kier molecular flexibility index (Phi) is 6.02. The van der Waals surface area contributed by atoms with Crippen molar-refractivity contribution >= 4 is 22.4 Å². The van der Waals surface area contributed by atoms with Gasteiger partial charge in [-0.05, 0) is 53.9 Å². The first-order valence-corrected chi connectivity index (χ1v) is 11.8. The van der Waals surface area contributed by atoms with Crippen LogP contribution in [0, 0.1) is 0 Å². The Hall–Kier alpha value is -4.45. The first kappa shape index (κ1) is 23.3. The van der Waals surface area contributed by atoms with Crippen molar-refractivity contribution in [3.05, 3.63) is 101 Å². The molecule has 0 bridgehead atoms. The van der Waals surface area contributed by atoms with Crippen molar-refractivity contribution in [2.45, 2.75) is 26.2 Å². The van der Waals surface area contributed by atoms with Gasteiger partial charge in [-0.15, -0.1) is 0 Å². The van der Waals surface area contributed by atoms with Crippen LogP contribution in [0.3, 0.4) is 0 Å². The first-order chi connectivity index (χ1) is 17.3. The van der Waals surface area contributed by atoms with E-state index in [0.717, 1.165) is 50.4 Å². The summed E-state index contributed by atoms with van der Waals surface area (Å²) in [4.78, 5) is 24.9. The quantitative estimate of drug-likeness (QED) is 0.295. The van der Waals surface area contributed by atoms with Crippen LogP contribution in [0.5, 0.6) is 5.75 Å². The number of hydrogen-bond acceptors (Lipinski definition) is 5. The number of benzene rings is 2. The van der Waals surface area contributed by atoms with Gasteiger partial charge < -0.3 is 15.0 Å². The molecule has 0 spiro atoms. The van der Waals surface area contributed by atoms with E-state index >= 15 is 0 Å². The van der Waals surface area contributed by atoms with Gasteiger partial charge in [-0.25, -0.2) is 4.98 Å². The summed E-state index contributed by atoms with van der Waals surface area (Å²) < 4.78 is 5.93. The van der Waals surface area contributed by atoms with E-state index in [-0.39, 0.29) is 11.0 Å². The van der Waals surface area contributed by atoms with Crippen molar-refractivity contribution in [1.29, 1.82) is 0 Å². The minimum Gasteiger partial charge on any atom is -0.496 e. The van der Waals surface area contributed by atoms with Gasteiger partial charge in [0.1, 0.15) is 11.6 Å². The normalized spacial score (nSPS) is 11.4. The highest BCUT2D eigenvalue weighted by Crippen LogP contribution is 2.42. The molecular formula is C30H28N4O2. The molecule has 0 aliphatic rings. The van der Waals surface area contributed by atoms with Gasteiger partial charge in [0, 0.05) is 57.5 Å². The van der Waals surface area contributed by atoms with Gasteiger partial charge in [0.2, 0.25) is 0 Å². The number of hydrogen-bond donors (Lipinski definition) is 2. The van der Waals surface area contributed by atoms with Crippen LogP contribution in [-0.4, -0.2) is 22.1 Å². The number of fused-ring (bicyclic) bond motifs is 1. The largest absolute Gasteiger partial charge is 0.496 e. The number of para-hydroxylation sites is 1. The van der Waals surface area contributed by atoms with Crippen LogP contribution in [0.15, 0.2) is 90.1 Å². The Balaban J connectivity index is 1.65. The molecule has 180 valence electrons. The maximum absolute atomic E-state index is 12.7. The van der Waals surface area contributed by atoms with Crippen LogP contribution in [0.2, 0.25) is 0 Å². The molecule has 0 aliphatic carbocycles. The summed E-state index contributed by atoms with van der Waals surface area (Å²) in [6, 6.07) is 21.7. The molecule has 0 fully saturated rings. The van der Waals surface area contributed by atoms with E-state index in [1.165, 1.54) is 0 Å². The van der Waals surface area contributed by atoms with Crippen LogP contribution >= 0.6 is 0 Å². The van der Waals surface area contributed by atoms with Crippen LogP contribution in [0.1, 0.15) is 26.3 Å². The van der Waals surface area contributed by atoms with Gasteiger partial charge in [-0.3, -0.25) is 9.78 Å². The second kappa shape index (κ2) is 9.30. The van der Waals surface area contributed by atoms with Gasteiger partial charge in [-0.2, -0.15) is 0 Å². The Labute approximate surface area is 210 Å². The fourth-order valence-electron chi connectivity index (χ4n) is 4.36. The van der Waals surface area contributed by atoms with E-state index in [1.54, 1.807) is 13.3 Å². The molecule has 2 N–H and O–H groups in total. The van der Waals surface area contributed by atoms with Crippen molar-refractivity contribution in [3.63, 3.8) is 0 Å². The van der Waals surface area contributed by atoms with Crippen LogP contribution in [-0.2, 0) is 5.41 Å². The lowest BCUT2D eigenvalue weighted by atomic mass is 9.83.